The molecule has 0 aliphatic rings. The molecule has 0 fully saturated rings. The molecule has 0 bridgehead atoms. The average Bonchev–Trinajstić information content (AvgIpc) is 3.22. The monoisotopic (exact) mass is 408 g/mol. The quantitative estimate of drug-likeness (QED) is 0.271. The van der Waals surface area contributed by atoms with Crippen LogP contribution in [0.1, 0.15) is 42.8 Å². The van der Waals surface area contributed by atoms with Crippen molar-refractivity contribution in [1.29, 1.82) is 0 Å². The molecule has 0 aromatic carbocycles. The Hall–Kier alpha value is -1.54. The number of hydrogen-bond acceptors (Lipinski definition) is 5. The number of aliphatic imine (C=N–C) groups is 1. The summed E-state index contributed by atoms with van der Waals surface area (Å²) in [7, 11) is 0. The highest BCUT2D eigenvalue weighted by atomic mass is 32.2. The van der Waals surface area contributed by atoms with Crippen LogP contribution in [0.25, 0.3) is 0 Å². The molecule has 0 saturated heterocycles. The Balaban J connectivity index is 1.85. The van der Waals surface area contributed by atoms with Crippen LogP contribution in [0.3, 0.4) is 0 Å². The lowest BCUT2D eigenvalue weighted by atomic mass is 10.2. The van der Waals surface area contributed by atoms with E-state index in [0.29, 0.717) is 12.5 Å². The van der Waals surface area contributed by atoms with Crippen LogP contribution in [-0.4, -0.2) is 40.1 Å². The van der Waals surface area contributed by atoms with Gasteiger partial charge < -0.3 is 15.2 Å². The second-order valence-electron chi connectivity index (χ2n) is 6.85. The molecule has 0 unspecified atom stereocenters. The maximum atomic E-state index is 4.68. The maximum absolute atomic E-state index is 4.68. The molecule has 0 amide bonds. The number of thiophene rings is 1. The van der Waals surface area contributed by atoms with Crippen LogP contribution in [0, 0.1) is 12.8 Å². The van der Waals surface area contributed by atoms with E-state index in [9.17, 15) is 0 Å². The Morgan fingerprint density at radius 3 is 2.74 bits per heavy atom. The summed E-state index contributed by atoms with van der Waals surface area (Å²) in [6, 6.07) is 4.30. The van der Waals surface area contributed by atoms with Crippen LogP contribution in [0.15, 0.2) is 22.3 Å². The summed E-state index contributed by atoms with van der Waals surface area (Å²) in [5.74, 6) is 2.53. The minimum absolute atomic E-state index is 0.581. The van der Waals surface area contributed by atoms with Gasteiger partial charge in [0.15, 0.2) is 11.1 Å². The smallest absolute Gasteiger partial charge is 0.191 e. The highest BCUT2D eigenvalue weighted by molar-refractivity contribution is 7.98. The number of hydrogen-bond donors (Lipinski definition) is 2. The molecule has 6 nitrogen and oxygen atoms in total. The molecule has 0 aliphatic carbocycles. The number of nitrogens with zero attached hydrogens (tertiary/aromatic N) is 4. The van der Waals surface area contributed by atoms with E-state index in [4.69, 9.17) is 0 Å². The molecule has 0 saturated carbocycles. The zero-order valence-electron chi connectivity index (χ0n) is 17.1. The lowest BCUT2D eigenvalue weighted by Gasteiger charge is -2.13. The standard InChI is InChI=1S/C19H32N6S2/c1-6-20-18(22-12-16-10-9-15(4)27-16)21-11-7-8-17-23-24-19(26-5)25(17)13-14(2)3/h9-10,14H,6-8,11-13H2,1-5H3,(H2,20,21,22). The van der Waals surface area contributed by atoms with Crippen molar-refractivity contribution < 1.29 is 0 Å². The molecule has 2 rings (SSSR count). The first-order valence-electron chi connectivity index (χ1n) is 9.57. The molecule has 0 aliphatic heterocycles. The van der Waals surface area contributed by atoms with E-state index in [1.807, 2.05) is 0 Å². The molecule has 0 atom stereocenters. The average molecular weight is 409 g/mol. The van der Waals surface area contributed by atoms with Gasteiger partial charge in [0.05, 0.1) is 6.54 Å². The molecule has 0 radical (unpaired) electrons. The van der Waals surface area contributed by atoms with Gasteiger partial charge in [-0.05, 0) is 44.6 Å². The highest BCUT2D eigenvalue weighted by Crippen LogP contribution is 2.17. The minimum atomic E-state index is 0.581. The number of thioether (sulfide) groups is 1. The molecule has 2 heterocycles. The molecule has 0 spiro atoms. The fourth-order valence-electron chi connectivity index (χ4n) is 2.73. The van der Waals surface area contributed by atoms with Crippen LogP contribution in [0.4, 0.5) is 0 Å². The van der Waals surface area contributed by atoms with Crippen molar-refractivity contribution in [3.63, 3.8) is 0 Å². The largest absolute Gasteiger partial charge is 0.357 e. The topological polar surface area (TPSA) is 67.1 Å². The van der Waals surface area contributed by atoms with Gasteiger partial charge in [-0.3, -0.25) is 0 Å². The van der Waals surface area contributed by atoms with Crippen LogP contribution in [-0.2, 0) is 19.5 Å². The predicted molar refractivity (Wildman–Crippen MR) is 117 cm³/mol. The lowest BCUT2D eigenvalue weighted by molar-refractivity contribution is 0.477. The Morgan fingerprint density at radius 2 is 2.11 bits per heavy atom. The van der Waals surface area contributed by atoms with E-state index in [1.165, 1.54) is 9.75 Å². The Morgan fingerprint density at radius 1 is 1.30 bits per heavy atom. The molecule has 8 heteroatoms. The zero-order valence-corrected chi connectivity index (χ0v) is 18.7. The number of rotatable bonds is 10. The van der Waals surface area contributed by atoms with E-state index in [-0.39, 0.29) is 0 Å². The van der Waals surface area contributed by atoms with Crippen molar-refractivity contribution in [3.05, 3.63) is 27.7 Å². The van der Waals surface area contributed by atoms with Gasteiger partial charge in [0.1, 0.15) is 5.82 Å². The number of nitrogens with one attached hydrogen (secondary N) is 2. The summed E-state index contributed by atoms with van der Waals surface area (Å²) in [4.78, 5) is 7.30. The second kappa shape index (κ2) is 11.3. The summed E-state index contributed by atoms with van der Waals surface area (Å²) in [6.45, 7) is 12.1. The van der Waals surface area contributed by atoms with Gasteiger partial charge >= 0.3 is 0 Å². The van der Waals surface area contributed by atoms with Crippen LogP contribution >= 0.6 is 23.1 Å². The third-order valence-corrected chi connectivity index (χ3v) is 5.58. The maximum Gasteiger partial charge on any atom is 0.191 e. The summed E-state index contributed by atoms with van der Waals surface area (Å²) in [6.07, 6.45) is 3.96. The fourth-order valence-corrected chi connectivity index (χ4v) is 4.06. The first kappa shape index (κ1) is 21.8. The van der Waals surface area contributed by atoms with Crippen molar-refractivity contribution in [1.82, 2.24) is 25.4 Å². The van der Waals surface area contributed by atoms with Gasteiger partial charge in [-0.25, -0.2) is 4.99 Å². The zero-order chi connectivity index (χ0) is 19.6. The predicted octanol–water partition coefficient (Wildman–Crippen LogP) is 3.71. The van der Waals surface area contributed by atoms with Crippen molar-refractivity contribution in [2.75, 3.05) is 19.3 Å². The van der Waals surface area contributed by atoms with Crippen molar-refractivity contribution >= 4 is 29.1 Å². The Kier molecular flexibility index (Phi) is 9.14. The summed E-state index contributed by atoms with van der Waals surface area (Å²) >= 11 is 3.46. The minimum Gasteiger partial charge on any atom is -0.357 e. The molecular formula is C19H32N6S2. The molecule has 2 aromatic rings. The van der Waals surface area contributed by atoms with Gasteiger partial charge in [0, 0.05) is 35.8 Å². The number of guanidine groups is 1. The first-order valence-corrected chi connectivity index (χ1v) is 11.6. The summed E-state index contributed by atoms with van der Waals surface area (Å²) < 4.78 is 2.26. The lowest BCUT2D eigenvalue weighted by Crippen LogP contribution is -2.37. The second-order valence-corrected chi connectivity index (χ2v) is 8.99. The number of aromatic nitrogens is 3. The Bertz CT molecular complexity index is 720. The highest BCUT2D eigenvalue weighted by Gasteiger charge is 2.12. The molecule has 2 aromatic heterocycles. The van der Waals surface area contributed by atoms with Gasteiger partial charge in [-0.15, -0.1) is 21.5 Å². The summed E-state index contributed by atoms with van der Waals surface area (Å²) in [5.41, 5.74) is 0. The normalized spacial score (nSPS) is 12.0. The third kappa shape index (κ3) is 7.18. The van der Waals surface area contributed by atoms with Crippen LogP contribution < -0.4 is 10.6 Å². The van der Waals surface area contributed by atoms with Crippen molar-refractivity contribution in [2.24, 2.45) is 10.9 Å². The summed E-state index contributed by atoms with van der Waals surface area (Å²) in [5, 5.41) is 16.5. The van der Waals surface area contributed by atoms with Crippen LogP contribution in [0.5, 0.6) is 0 Å². The van der Waals surface area contributed by atoms with Gasteiger partial charge in [-0.2, -0.15) is 0 Å². The SMILES string of the molecule is CCNC(=NCc1ccc(C)s1)NCCCc1nnc(SC)n1CC(C)C. The van der Waals surface area contributed by atoms with E-state index in [2.05, 4.69) is 76.5 Å². The molecule has 2 N–H and O–H groups in total. The van der Waals surface area contributed by atoms with E-state index < -0.39 is 0 Å². The molecule has 150 valence electrons. The number of aryl methyl sites for hydroxylation is 2. The third-order valence-electron chi connectivity index (χ3n) is 3.93. The van der Waals surface area contributed by atoms with E-state index in [1.54, 1.807) is 23.1 Å². The van der Waals surface area contributed by atoms with E-state index in [0.717, 1.165) is 49.4 Å². The molecule has 27 heavy (non-hydrogen) atoms. The van der Waals surface area contributed by atoms with Gasteiger partial charge in [0.2, 0.25) is 0 Å². The fraction of sp³-hybridized carbons (Fsp3) is 0.632. The Labute approximate surface area is 171 Å². The van der Waals surface area contributed by atoms with Gasteiger partial charge in [0.25, 0.3) is 0 Å². The van der Waals surface area contributed by atoms with E-state index >= 15 is 0 Å². The first-order chi connectivity index (χ1) is 13.0. The van der Waals surface area contributed by atoms with Gasteiger partial charge in [-0.1, -0.05) is 25.6 Å². The van der Waals surface area contributed by atoms with Crippen molar-refractivity contribution in [2.45, 2.75) is 58.8 Å². The van der Waals surface area contributed by atoms with Crippen LogP contribution in [0.2, 0.25) is 0 Å². The molecular weight excluding hydrogens is 376 g/mol. The van der Waals surface area contributed by atoms with Crippen molar-refractivity contribution in [3.8, 4) is 0 Å².